The van der Waals surface area contributed by atoms with Gasteiger partial charge >= 0.3 is 0 Å². The molecule has 0 unspecified atom stereocenters. The number of H-pyrrole nitrogens is 1. The molecule has 3 rings (SSSR count). The molecule has 0 spiro atoms. The molecule has 4 nitrogen and oxygen atoms in total. The predicted molar refractivity (Wildman–Crippen MR) is 77.1 cm³/mol. The number of aromatic amines is 1. The van der Waals surface area contributed by atoms with E-state index in [1.165, 1.54) is 5.56 Å². The molecule has 0 radical (unpaired) electrons. The molecule has 1 fully saturated rings. The second-order valence-corrected chi connectivity index (χ2v) is 5.44. The number of carbonyl (C=O) groups is 1. The van der Waals surface area contributed by atoms with Gasteiger partial charge in [-0.1, -0.05) is 37.3 Å². The highest BCUT2D eigenvalue weighted by molar-refractivity contribution is 5.83. The fourth-order valence-corrected chi connectivity index (χ4v) is 2.88. The maximum absolute atomic E-state index is 12.2. The molecule has 2 aromatic rings. The lowest BCUT2D eigenvalue weighted by Crippen LogP contribution is -2.28. The number of amides is 1. The average Bonchev–Trinajstić information content (AvgIpc) is 2.90. The molecule has 1 aromatic carbocycles. The first-order valence-electron chi connectivity index (χ1n) is 7.07. The summed E-state index contributed by atoms with van der Waals surface area (Å²) < 4.78 is 0. The van der Waals surface area contributed by atoms with Crippen LogP contribution in [0.15, 0.2) is 42.9 Å². The molecule has 0 saturated heterocycles. The van der Waals surface area contributed by atoms with Crippen molar-refractivity contribution in [2.24, 2.45) is 11.8 Å². The van der Waals surface area contributed by atoms with Gasteiger partial charge in [0.25, 0.3) is 0 Å². The molecule has 1 aliphatic carbocycles. The Bertz CT molecular complexity index is 565. The summed E-state index contributed by atoms with van der Waals surface area (Å²) in [7, 11) is 0. The Morgan fingerprint density at radius 2 is 2.15 bits per heavy atom. The summed E-state index contributed by atoms with van der Waals surface area (Å²) in [6.45, 7) is 2.81. The van der Waals surface area contributed by atoms with E-state index in [4.69, 9.17) is 0 Å². The van der Waals surface area contributed by atoms with Crippen LogP contribution in [0.4, 0.5) is 0 Å². The molecular formula is C16H19N3O. The Labute approximate surface area is 118 Å². The Hall–Kier alpha value is -2.10. The van der Waals surface area contributed by atoms with Crippen LogP contribution in [0.25, 0.3) is 0 Å². The summed E-state index contributed by atoms with van der Waals surface area (Å²) in [5.74, 6) is 0.945. The van der Waals surface area contributed by atoms with Gasteiger partial charge in [0.2, 0.25) is 5.91 Å². The first-order chi connectivity index (χ1) is 9.77. The predicted octanol–water partition coefficient (Wildman–Crippen LogP) is 2.12. The molecule has 1 saturated carbocycles. The van der Waals surface area contributed by atoms with E-state index < -0.39 is 0 Å². The number of rotatable bonds is 5. The number of hydrogen-bond donors (Lipinski definition) is 2. The highest BCUT2D eigenvalue weighted by Gasteiger charge is 2.52. The zero-order valence-electron chi connectivity index (χ0n) is 11.5. The number of aromatic nitrogens is 2. The van der Waals surface area contributed by atoms with Crippen LogP contribution in [0.3, 0.4) is 0 Å². The number of imidazole rings is 1. The minimum absolute atomic E-state index is 0.0891. The summed E-state index contributed by atoms with van der Waals surface area (Å²) >= 11 is 0. The number of nitrogens with one attached hydrogen (secondary N) is 2. The van der Waals surface area contributed by atoms with Crippen molar-refractivity contribution in [1.29, 1.82) is 0 Å². The van der Waals surface area contributed by atoms with Gasteiger partial charge in [0, 0.05) is 30.3 Å². The van der Waals surface area contributed by atoms with Gasteiger partial charge in [0.05, 0.1) is 6.33 Å². The third kappa shape index (κ3) is 2.59. The van der Waals surface area contributed by atoms with Crippen LogP contribution in [-0.4, -0.2) is 22.4 Å². The Morgan fingerprint density at radius 3 is 2.85 bits per heavy atom. The second-order valence-electron chi connectivity index (χ2n) is 5.44. The minimum atomic E-state index is 0.0891. The minimum Gasteiger partial charge on any atom is -0.356 e. The fraction of sp³-hybridized carbons (Fsp3) is 0.375. The lowest BCUT2D eigenvalue weighted by molar-refractivity contribution is -0.122. The molecule has 20 heavy (non-hydrogen) atoms. The number of nitrogens with zero attached hydrogens (tertiary/aromatic N) is 1. The lowest BCUT2D eigenvalue weighted by atomic mass is 10.1. The van der Waals surface area contributed by atoms with Gasteiger partial charge in [-0.2, -0.15) is 0 Å². The first-order valence-corrected chi connectivity index (χ1v) is 7.07. The Kier molecular flexibility index (Phi) is 3.54. The van der Waals surface area contributed by atoms with Crippen molar-refractivity contribution < 1.29 is 4.79 Å². The van der Waals surface area contributed by atoms with E-state index >= 15 is 0 Å². The van der Waals surface area contributed by atoms with Crippen molar-refractivity contribution in [1.82, 2.24) is 15.3 Å². The van der Waals surface area contributed by atoms with Crippen molar-refractivity contribution in [3.05, 3.63) is 54.1 Å². The molecule has 2 N–H and O–H groups in total. The van der Waals surface area contributed by atoms with Crippen LogP contribution in [0.1, 0.15) is 24.1 Å². The molecule has 1 aliphatic rings. The third-order valence-corrected chi connectivity index (χ3v) is 4.12. The number of benzene rings is 1. The molecular weight excluding hydrogens is 250 g/mol. The zero-order chi connectivity index (χ0) is 13.9. The molecule has 104 valence electrons. The van der Waals surface area contributed by atoms with Gasteiger partial charge in [-0.25, -0.2) is 4.98 Å². The SMILES string of the molecule is C[C@H]1[C@H](C(=O)NCCc2ccccc2)[C@H]1c1cnc[nH]1. The molecule has 1 heterocycles. The molecule has 3 atom stereocenters. The van der Waals surface area contributed by atoms with Gasteiger partial charge < -0.3 is 10.3 Å². The van der Waals surface area contributed by atoms with E-state index in [-0.39, 0.29) is 11.8 Å². The Balaban J connectivity index is 1.49. The lowest BCUT2D eigenvalue weighted by Gasteiger charge is -2.05. The van der Waals surface area contributed by atoms with Crippen LogP contribution in [0, 0.1) is 11.8 Å². The smallest absolute Gasteiger partial charge is 0.224 e. The summed E-state index contributed by atoms with van der Waals surface area (Å²) in [4.78, 5) is 19.3. The summed E-state index contributed by atoms with van der Waals surface area (Å²) in [5.41, 5.74) is 2.32. The van der Waals surface area contributed by atoms with E-state index in [0.29, 0.717) is 18.4 Å². The van der Waals surface area contributed by atoms with Crippen molar-refractivity contribution in [3.63, 3.8) is 0 Å². The van der Waals surface area contributed by atoms with E-state index in [0.717, 1.165) is 12.1 Å². The normalized spacial score (nSPS) is 24.4. The van der Waals surface area contributed by atoms with Gasteiger partial charge in [0.1, 0.15) is 0 Å². The van der Waals surface area contributed by atoms with Gasteiger partial charge in [-0.3, -0.25) is 4.79 Å². The van der Waals surface area contributed by atoms with Gasteiger partial charge in [-0.15, -0.1) is 0 Å². The van der Waals surface area contributed by atoms with E-state index in [9.17, 15) is 4.79 Å². The van der Waals surface area contributed by atoms with Crippen LogP contribution in [0.5, 0.6) is 0 Å². The van der Waals surface area contributed by atoms with Gasteiger partial charge in [0.15, 0.2) is 0 Å². The summed E-state index contributed by atoms with van der Waals surface area (Å²) in [6, 6.07) is 10.2. The third-order valence-electron chi connectivity index (χ3n) is 4.12. The monoisotopic (exact) mass is 269 g/mol. The molecule has 0 aliphatic heterocycles. The fourth-order valence-electron chi connectivity index (χ4n) is 2.88. The van der Waals surface area contributed by atoms with Crippen LogP contribution >= 0.6 is 0 Å². The van der Waals surface area contributed by atoms with E-state index in [2.05, 4.69) is 34.3 Å². The maximum Gasteiger partial charge on any atom is 0.224 e. The van der Waals surface area contributed by atoms with Gasteiger partial charge in [-0.05, 0) is 17.9 Å². The maximum atomic E-state index is 12.2. The topological polar surface area (TPSA) is 57.8 Å². The molecule has 1 aromatic heterocycles. The van der Waals surface area contributed by atoms with Crippen LogP contribution in [-0.2, 0) is 11.2 Å². The highest BCUT2D eigenvalue weighted by atomic mass is 16.2. The van der Waals surface area contributed by atoms with Crippen molar-refractivity contribution in [2.75, 3.05) is 6.54 Å². The highest BCUT2D eigenvalue weighted by Crippen LogP contribution is 2.52. The molecule has 4 heteroatoms. The first kappa shape index (κ1) is 12.9. The van der Waals surface area contributed by atoms with Crippen molar-refractivity contribution in [2.45, 2.75) is 19.3 Å². The Morgan fingerprint density at radius 1 is 1.35 bits per heavy atom. The van der Waals surface area contributed by atoms with E-state index in [1.54, 1.807) is 6.33 Å². The molecule has 1 amide bonds. The standard InChI is InChI=1S/C16H19N3O/c1-11-14(13-9-17-10-19-13)15(11)16(20)18-8-7-12-5-3-2-4-6-12/h2-6,9-11,14-15H,7-8H2,1H3,(H,17,19)(H,18,20)/t11-,14-,15+/m1/s1. The van der Waals surface area contributed by atoms with Crippen molar-refractivity contribution in [3.8, 4) is 0 Å². The summed E-state index contributed by atoms with van der Waals surface area (Å²) in [5, 5.41) is 3.04. The zero-order valence-corrected chi connectivity index (χ0v) is 11.5. The number of hydrogen-bond acceptors (Lipinski definition) is 2. The quantitative estimate of drug-likeness (QED) is 0.873. The van der Waals surface area contributed by atoms with Crippen LogP contribution in [0.2, 0.25) is 0 Å². The van der Waals surface area contributed by atoms with Crippen LogP contribution < -0.4 is 5.32 Å². The number of carbonyl (C=O) groups excluding carboxylic acids is 1. The van der Waals surface area contributed by atoms with E-state index in [1.807, 2.05) is 24.4 Å². The average molecular weight is 269 g/mol. The summed E-state index contributed by atoms with van der Waals surface area (Å²) in [6.07, 6.45) is 4.37. The molecule has 0 bridgehead atoms. The largest absolute Gasteiger partial charge is 0.356 e. The van der Waals surface area contributed by atoms with Crippen molar-refractivity contribution >= 4 is 5.91 Å². The second kappa shape index (κ2) is 5.49.